The van der Waals surface area contributed by atoms with E-state index in [-0.39, 0.29) is 5.56 Å². The quantitative estimate of drug-likeness (QED) is 0.735. The highest BCUT2D eigenvalue weighted by Crippen LogP contribution is 2.14. The van der Waals surface area contributed by atoms with E-state index in [1.165, 1.54) is 0 Å². The molecule has 1 aromatic heterocycles. The summed E-state index contributed by atoms with van der Waals surface area (Å²) in [6.07, 6.45) is 3.19. The van der Waals surface area contributed by atoms with Gasteiger partial charge in [0, 0.05) is 5.25 Å². The third-order valence-electron chi connectivity index (χ3n) is 2.63. The number of rotatable bonds is 7. The van der Waals surface area contributed by atoms with Crippen LogP contribution in [0.25, 0.3) is 0 Å². The summed E-state index contributed by atoms with van der Waals surface area (Å²) in [6.45, 7) is 5.34. The number of furan rings is 1. The van der Waals surface area contributed by atoms with Crippen molar-refractivity contribution >= 4 is 17.7 Å². The summed E-state index contributed by atoms with van der Waals surface area (Å²) in [5.41, 5.74) is 0.249. The fraction of sp³-hybridized carbons (Fsp3) is 0.583. The number of hydrogen-bond donors (Lipinski definition) is 2. The van der Waals surface area contributed by atoms with Crippen LogP contribution in [0, 0.1) is 6.92 Å². The maximum Gasteiger partial charge on any atom is 0.339 e. The van der Waals surface area contributed by atoms with Gasteiger partial charge in [0.2, 0.25) is 0 Å². The van der Waals surface area contributed by atoms with Crippen molar-refractivity contribution in [1.82, 2.24) is 5.32 Å². The minimum absolute atomic E-state index is 0.249. The van der Waals surface area contributed by atoms with Crippen molar-refractivity contribution < 1.29 is 14.3 Å². The molecule has 5 heteroatoms. The van der Waals surface area contributed by atoms with Crippen LogP contribution in [0.2, 0.25) is 0 Å². The molecule has 0 saturated carbocycles. The van der Waals surface area contributed by atoms with Gasteiger partial charge in [0.05, 0.1) is 6.54 Å². The first-order valence-electron chi connectivity index (χ1n) is 5.60. The lowest BCUT2D eigenvalue weighted by Crippen LogP contribution is -2.17. The van der Waals surface area contributed by atoms with Gasteiger partial charge >= 0.3 is 5.97 Å². The van der Waals surface area contributed by atoms with Gasteiger partial charge in [-0.2, -0.15) is 11.8 Å². The zero-order valence-corrected chi connectivity index (χ0v) is 11.3. The minimum atomic E-state index is -0.937. The van der Waals surface area contributed by atoms with Crippen LogP contribution in [0.5, 0.6) is 0 Å². The number of carboxylic acids is 1. The number of aromatic carboxylic acids is 1. The molecule has 0 aliphatic heterocycles. The summed E-state index contributed by atoms with van der Waals surface area (Å²) in [5.74, 6) is 0.206. The second-order valence-corrected chi connectivity index (χ2v) is 5.28. The highest BCUT2D eigenvalue weighted by molar-refractivity contribution is 7.99. The van der Waals surface area contributed by atoms with Gasteiger partial charge in [0.15, 0.2) is 0 Å². The van der Waals surface area contributed by atoms with Crippen molar-refractivity contribution in [3.63, 3.8) is 0 Å². The van der Waals surface area contributed by atoms with Crippen LogP contribution in [-0.4, -0.2) is 29.1 Å². The Morgan fingerprint density at radius 3 is 2.88 bits per heavy atom. The molecule has 1 heterocycles. The predicted molar refractivity (Wildman–Crippen MR) is 69.7 cm³/mol. The number of carboxylic acid groups (broad SMARTS) is 1. The van der Waals surface area contributed by atoms with Gasteiger partial charge in [-0.05, 0) is 32.2 Å². The van der Waals surface area contributed by atoms with Gasteiger partial charge in [-0.25, -0.2) is 4.79 Å². The van der Waals surface area contributed by atoms with Crippen molar-refractivity contribution in [3.8, 4) is 0 Å². The molecule has 0 aliphatic carbocycles. The number of thioether (sulfide) groups is 1. The molecule has 17 heavy (non-hydrogen) atoms. The fourth-order valence-electron chi connectivity index (χ4n) is 1.48. The van der Waals surface area contributed by atoms with Crippen LogP contribution in [0.1, 0.15) is 35.2 Å². The minimum Gasteiger partial charge on any atom is -0.478 e. The summed E-state index contributed by atoms with van der Waals surface area (Å²) < 4.78 is 5.36. The van der Waals surface area contributed by atoms with Crippen molar-refractivity contribution in [2.75, 3.05) is 12.8 Å². The molecule has 0 spiro atoms. The van der Waals surface area contributed by atoms with Gasteiger partial charge in [-0.1, -0.05) is 6.92 Å². The van der Waals surface area contributed by atoms with E-state index in [4.69, 9.17) is 9.52 Å². The first-order valence-corrected chi connectivity index (χ1v) is 6.89. The fourth-order valence-corrected chi connectivity index (χ4v) is 1.83. The summed E-state index contributed by atoms with van der Waals surface area (Å²) >= 11 is 1.84. The smallest absolute Gasteiger partial charge is 0.339 e. The van der Waals surface area contributed by atoms with Crippen LogP contribution >= 0.6 is 11.8 Å². The number of hydrogen-bond acceptors (Lipinski definition) is 4. The predicted octanol–water partition coefficient (Wildman–Crippen LogP) is 2.52. The zero-order valence-electron chi connectivity index (χ0n) is 10.4. The Labute approximate surface area is 106 Å². The van der Waals surface area contributed by atoms with E-state index in [1.807, 2.05) is 11.8 Å². The van der Waals surface area contributed by atoms with E-state index < -0.39 is 5.97 Å². The third-order valence-corrected chi connectivity index (χ3v) is 3.67. The van der Waals surface area contributed by atoms with Gasteiger partial charge in [-0.3, -0.25) is 0 Å². The molecule has 2 N–H and O–H groups in total. The van der Waals surface area contributed by atoms with E-state index in [0.717, 1.165) is 13.0 Å². The Hall–Kier alpha value is -0.940. The van der Waals surface area contributed by atoms with Gasteiger partial charge in [0.25, 0.3) is 0 Å². The number of nitrogens with one attached hydrogen (secondary N) is 1. The van der Waals surface area contributed by atoms with E-state index in [2.05, 4.69) is 18.5 Å². The van der Waals surface area contributed by atoms with E-state index in [0.29, 0.717) is 23.3 Å². The Morgan fingerprint density at radius 2 is 2.35 bits per heavy atom. The second-order valence-electron chi connectivity index (χ2n) is 4.00. The molecule has 0 amide bonds. The zero-order chi connectivity index (χ0) is 12.8. The second kappa shape index (κ2) is 6.71. The molecule has 0 radical (unpaired) electrons. The normalized spacial score (nSPS) is 12.6. The lowest BCUT2D eigenvalue weighted by molar-refractivity contribution is 0.0695. The van der Waals surface area contributed by atoms with Crippen molar-refractivity contribution in [2.24, 2.45) is 0 Å². The standard InChI is InChI=1S/C12H19NO3S/c1-8(17-3)4-5-13-7-10-6-11(12(14)15)9(2)16-10/h6,8,13H,4-5,7H2,1-3H3,(H,14,15). The molecular weight excluding hydrogens is 238 g/mol. The lowest BCUT2D eigenvalue weighted by atomic mass is 10.2. The SMILES string of the molecule is CSC(C)CCNCc1cc(C(=O)O)c(C)o1. The van der Waals surface area contributed by atoms with Gasteiger partial charge in [0.1, 0.15) is 17.1 Å². The first-order chi connectivity index (χ1) is 8.04. The van der Waals surface area contributed by atoms with Gasteiger partial charge in [-0.15, -0.1) is 0 Å². The van der Waals surface area contributed by atoms with Crippen LogP contribution in [-0.2, 0) is 6.54 Å². The van der Waals surface area contributed by atoms with Crippen molar-refractivity contribution in [1.29, 1.82) is 0 Å². The molecule has 4 nitrogen and oxygen atoms in total. The average molecular weight is 257 g/mol. The maximum absolute atomic E-state index is 10.8. The summed E-state index contributed by atoms with van der Waals surface area (Å²) in [6, 6.07) is 1.59. The van der Waals surface area contributed by atoms with E-state index >= 15 is 0 Å². The summed E-state index contributed by atoms with van der Waals surface area (Å²) in [4.78, 5) is 10.8. The summed E-state index contributed by atoms with van der Waals surface area (Å²) in [5, 5.41) is 12.8. The molecule has 0 aliphatic rings. The molecular formula is C12H19NO3S. The highest BCUT2D eigenvalue weighted by Gasteiger charge is 2.13. The van der Waals surface area contributed by atoms with Crippen LogP contribution in [0.3, 0.4) is 0 Å². The summed E-state index contributed by atoms with van der Waals surface area (Å²) in [7, 11) is 0. The molecule has 0 aromatic carbocycles. The average Bonchev–Trinajstić information content (AvgIpc) is 2.65. The molecule has 1 rings (SSSR count). The van der Waals surface area contributed by atoms with E-state index in [1.54, 1.807) is 13.0 Å². The Kier molecular flexibility index (Phi) is 5.58. The van der Waals surface area contributed by atoms with E-state index in [9.17, 15) is 4.79 Å². The van der Waals surface area contributed by atoms with Gasteiger partial charge < -0.3 is 14.8 Å². The molecule has 0 saturated heterocycles. The lowest BCUT2D eigenvalue weighted by Gasteiger charge is -2.07. The largest absolute Gasteiger partial charge is 0.478 e. The Balaban J connectivity index is 2.37. The molecule has 1 atom stereocenters. The molecule has 1 unspecified atom stereocenters. The first kappa shape index (κ1) is 14.1. The monoisotopic (exact) mass is 257 g/mol. The Bertz CT molecular complexity index is 376. The molecule has 0 fully saturated rings. The maximum atomic E-state index is 10.8. The highest BCUT2D eigenvalue weighted by atomic mass is 32.2. The Morgan fingerprint density at radius 1 is 1.65 bits per heavy atom. The number of aryl methyl sites for hydroxylation is 1. The molecule has 96 valence electrons. The topological polar surface area (TPSA) is 62.5 Å². The van der Waals surface area contributed by atoms with Crippen LogP contribution < -0.4 is 5.32 Å². The van der Waals surface area contributed by atoms with Crippen molar-refractivity contribution in [2.45, 2.75) is 32.1 Å². The molecule has 1 aromatic rings. The molecule has 0 bridgehead atoms. The third kappa shape index (κ3) is 4.44. The number of carbonyl (C=O) groups is 1. The van der Waals surface area contributed by atoms with Crippen molar-refractivity contribution in [3.05, 3.63) is 23.2 Å². The van der Waals surface area contributed by atoms with Crippen LogP contribution in [0.15, 0.2) is 10.5 Å². The van der Waals surface area contributed by atoms with Crippen LogP contribution in [0.4, 0.5) is 0 Å².